The standard InChI is InChI=1S/C24H20FN3O6S2/c1-33-18-9-12-20-21(13-18)35-24(28(20)14-22(29)34-2)26-23(30)15-3-7-17(8-4-15)27-36(31,32)19-10-5-16(25)6-11-19/h3-13,27H,14H2,1-2H3. The lowest BCUT2D eigenvalue weighted by molar-refractivity contribution is -0.141. The van der Waals surface area contributed by atoms with Crippen molar-refractivity contribution in [3.8, 4) is 5.75 Å². The highest BCUT2D eigenvalue weighted by molar-refractivity contribution is 7.92. The van der Waals surface area contributed by atoms with E-state index in [1.165, 1.54) is 49.8 Å². The van der Waals surface area contributed by atoms with Gasteiger partial charge in [0.25, 0.3) is 15.9 Å². The number of ether oxygens (including phenoxy) is 2. The summed E-state index contributed by atoms with van der Waals surface area (Å²) in [5, 5.41) is 0. The van der Waals surface area contributed by atoms with Gasteiger partial charge < -0.3 is 14.0 Å². The van der Waals surface area contributed by atoms with Crippen LogP contribution in [-0.2, 0) is 26.1 Å². The predicted octanol–water partition coefficient (Wildman–Crippen LogP) is 3.57. The number of sulfonamides is 1. The molecule has 1 heterocycles. The first-order chi connectivity index (χ1) is 17.2. The van der Waals surface area contributed by atoms with E-state index in [1.54, 1.807) is 22.8 Å². The first-order valence-corrected chi connectivity index (χ1v) is 12.7. The molecule has 0 aliphatic rings. The Morgan fingerprint density at radius 3 is 2.36 bits per heavy atom. The molecule has 0 atom stereocenters. The molecule has 0 bridgehead atoms. The maximum Gasteiger partial charge on any atom is 0.325 e. The Bertz CT molecular complexity index is 1610. The minimum Gasteiger partial charge on any atom is -0.497 e. The second-order valence-electron chi connectivity index (χ2n) is 7.43. The first-order valence-electron chi connectivity index (χ1n) is 10.4. The van der Waals surface area contributed by atoms with E-state index in [2.05, 4.69) is 9.71 Å². The molecule has 0 unspecified atom stereocenters. The molecule has 1 amide bonds. The Kier molecular flexibility index (Phi) is 7.17. The van der Waals surface area contributed by atoms with Crippen molar-refractivity contribution in [2.45, 2.75) is 11.4 Å². The molecule has 0 spiro atoms. The number of thiazole rings is 1. The number of halogens is 1. The minimum atomic E-state index is -3.93. The number of fused-ring (bicyclic) bond motifs is 1. The van der Waals surface area contributed by atoms with Crippen LogP contribution in [0.3, 0.4) is 0 Å². The third-order valence-electron chi connectivity index (χ3n) is 5.11. The van der Waals surface area contributed by atoms with Crippen LogP contribution in [-0.4, -0.2) is 39.1 Å². The van der Waals surface area contributed by atoms with Gasteiger partial charge in [0.05, 0.1) is 29.3 Å². The van der Waals surface area contributed by atoms with Gasteiger partial charge in [0.15, 0.2) is 4.80 Å². The van der Waals surface area contributed by atoms with Crippen LogP contribution in [0.25, 0.3) is 10.2 Å². The van der Waals surface area contributed by atoms with Gasteiger partial charge in [-0.25, -0.2) is 12.8 Å². The molecule has 0 aliphatic carbocycles. The fourth-order valence-electron chi connectivity index (χ4n) is 3.27. The Morgan fingerprint density at radius 1 is 1.03 bits per heavy atom. The topological polar surface area (TPSA) is 116 Å². The van der Waals surface area contributed by atoms with E-state index in [0.29, 0.717) is 11.3 Å². The third kappa shape index (κ3) is 5.44. The van der Waals surface area contributed by atoms with E-state index in [9.17, 15) is 22.4 Å². The number of carbonyl (C=O) groups excluding carboxylic acids is 2. The zero-order valence-corrected chi connectivity index (χ0v) is 20.7. The summed E-state index contributed by atoms with van der Waals surface area (Å²) in [5.41, 5.74) is 1.10. The summed E-state index contributed by atoms with van der Waals surface area (Å²) in [6, 6.07) is 15.4. The normalized spacial score (nSPS) is 11.9. The average Bonchev–Trinajstić information content (AvgIpc) is 3.19. The lowest BCUT2D eigenvalue weighted by Gasteiger charge is -2.08. The Balaban J connectivity index is 1.62. The summed E-state index contributed by atoms with van der Waals surface area (Å²) < 4.78 is 52.8. The summed E-state index contributed by atoms with van der Waals surface area (Å²) >= 11 is 1.21. The highest BCUT2D eigenvalue weighted by atomic mass is 32.2. The number of carbonyl (C=O) groups is 2. The first kappa shape index (κ1) is 25.1. The Morgan fingerprint density at radius 2 is 1.72 bits per heavy atom. The zero-order chi connectivity index (χ0) is 25.9. The molecule has 0 saturated carbocycles. The number of amides is 1. The van der Waals surface area contributed by atoms with Crippen LogP contribution in [0.2, 0.25) is 0 Å². The van der Waals surface area contributed by atoms with Crippen LogP contribution < -0.4 is 14.3 Å². The summed E-state index contributed by atoms with van der Waals surface area (Å²) in [6.45, 7) is -0.140. The van der Waals surface area contributed by atoms with E-state index in [0.717, 1.165) is 29.0 Å². The van der Waals surface area contributed by atoms with Gasteiger partial charge in [-0.15, -0.1) is 0 Å². The van der Waals surface area contributed by atoms with Crippen LogP contribution >= 0.6 is 11.3 Å². The van der Waals surface area contributed by atoms with Gasteiger partial charge in [-0.1, -0.05) is 11.3 Å². The van der Waals surface area contributed by atoms with Gasteiger partial charge in [-0.3, -0.25) is 14.3 Å². The number of esters is 1. The Labute approximate surface area is 209 Å². The van der Waals surface area contributed by atoms with Gasteiger partial charge in [0.1, 0.15) is 18.1 Å². The molecule has 0 saturated heterocycles. The molecule has 4 rings (SSSR count). The number of hydrogen-bond acceptors (Lipinski definition) is 7. The van der Waals surface area contributed by atoms with Crippen LogP contribution in [0.15, 0.2) is 76.6 Å². The molecular weight excluding hydrogens is 509 g/mol. The van der Waals surface area contributed by atoms with Gasteiger partial charge in [0, 0.05) is 11.3 Å². The maximum absolute atomic E-state index is 13.1. The molecule has 1 aromatic heterocycles. The lowest BCUT2D eigenvalue weighted by Crippen LogP contribution is -2.22. The molecule has 36 heavy (non-hydrogen) atoms. The maximum atomic E-state index is 13.1. The number of hydrogen-bond donors (Lipinski definition) is 1. The van der Waals surface area contributed by atoms with E-state index in [-0.39, 0.29) is 27.5 Å². The van der Waals surface area contributed by atoms with Crippen LogP contribution in [0.5, 0.6) is 5.75 Å². The zero-order valence-electron chi connectivity index (χ0n) is 19.1. The van der Waals surface area contributed by atoms with Crippen molar-refractivity contribution < 1.29 is 31.9 Å². The fourth-order valence-corrected chi connectivity index (χ4v) is 5.39. The van der Waals surface area contributed by atoms with Crippen LogP contribution in [0.4, 0.5) is 10.1 Å². The minimum absolute atomic E-state index is 0.101. The smallest absolute Gasteiger partial charge is 0.325 e. The summed E-state index contributed by atoms with van der Waals surface area (Å²) in [5.74, 6) is -1.02. The number of anilines is 1. The largest absolute Gasteiger partial charge is 0.497 e. The average molecular weight is 530 g/mol. The summed E-state index contributed by atoms with van der Waals surface area (Å²) in [4.78, 5) is 29.2. The van der Waals surface area contributed by atoms with Crippen molar-refractivity contribution >= 4 is 49.1 Å². The van der Waals surface area contributed by atoms with Crippen molar-refractivity contribution in [3.63, 3.8) is 0 Å². The number of nitrogens with zero attached hydrogens (tertiary/aromatic N) is 2. The predicted molar refractivity (Wildman–Crippen MR) is 132 cm³/mol. The molecular formula is C24H20FN3O6S2. The SMILES string of the molecule is COC(=O)Cn1c(=NC(=O)c2ccc(NS(=O)(=O)c3ccc(F)cc3)cc2)sc2cc(OC)ccc21. The van der Waals surface area contributed by atoms with Gasteiger partial charge in [0.2, 0.25) is 0 Å². The van der Waals surface area contributed by atoms with Crippen molar-refractivity contribution in [2.75, 3.05) is 18.9 Å². The molecule has 0 radical (unpaired) electrons. The number of nitrogens with one attached hydrogen (secondary N) is 1. The van der Waals surface area contributed by atoms with Gasteiger partial charge >= 0.3 is 5.97 Å². The molecule has 0 fully saturated rings. The second kappa shape index (κ2) is 10.3. The number of rotatable bonds is 7. The van der Waals surface area contributed by atoms with E-state index in [4.69, 9.17) is 9.47 Å². The van der Waals surface area contributed by atoms with Gasteiger partial charge in [-0.2, -0.15) is 4.99 Å². The number of benzene rings is 3. The molecule has 12 heteroatoms. The van der Waals surface area contributed by atoms with Crippen molar-refractivity contribution in [2.24, 2.45) is 4.99 Å². The van der Waals surface area contributed by atoms with Crippen molar-refractivity contribution in [1.82, 2.24) is 4.57 Å². The fraction of sp³-hybridized carbons (Fsp3) is 0.125. The molecule has 186 valence electrons. The van der Waals surface area contributed by atoms with E-state index >= 15 is 0 Å². The molecule has 9 nitrogen and oxygen atoms in total. The monoisotopic (exact) mass is 529 g/mol. The third-order valence-corrected chi connectivity index (χ3v) is 7.55. The Hall–Kier alpha value is -4.03. The van der Waals surface area contributed by atoms with E-state index in [1.807, 2.05) is 0 Å². The second-order valence-corrected chi connectivity index (χ2v) is 10.1. The lowest BCUT2D eigenvalue weighted by atomic mass is 10.2. The van der Waals surface area contributed by atoms with E-state index < -0.39 is 27.7 Å². The van der Waals surface area contributed by atoms with Gasteiger partial charge in [-0.05, 0) is 66.7 Å². The van der Waals surface area contributed by atoms with Crippen LogP contribution in [0.1, 0.15) is 10.4 Å². The van der Waals surface area contributed by atoms with Crippen molar-refractivity contribution in [1.29, 1.82) is 0 Å². The van der Waals surface area contributed by atoms with Crippen molar-refractivity contribution in [3.05, 3.63) is 82.9 Å². The van der Waals surface area contributed by atoms with Crippen LogP contribution in [0, 0.1) is 5.82 Å². The summed E-state index contributed by atoms with van der Waals surface area (Å²) in [6.07, 6.45) is 0. The number of methoxy groups -OCH3 is 2. The molecule has 4 aromatic rings. The summed E-state index contributed by atoms with van der Waals surface area (Å²) in [7, 11) is -1.12. The quantitative estimate of drug-likeness (QED) is 0.366. The molecule has 0 aliphatic heterocycles. The molecule has 3 aromatic carbocycles. The highest BCUT2D eigenvalue weighted by Crippen LogP contribution is 2.23. The number of aromatic nitrogens is 1. The highest BCUT2D eigenvalue weighted by Gasteiger charge is 2.16. The molecule has 1 N–H and O–H groups in total.